The van der Waals surface area contributed by atoms with Crippen molar-refractivity contribution in [2.45, 2.75) is 77.5 Å². The number of piperazine rings is 1. The van der Waals surface area contributed by atoms with E-state index in [1.54, 1.807) is 4.90 Å². The number of urea groups is 1. The van der Waals surface area contributed by atoms with Crippen LogP contribution >= 0.6 is 11.6 Å². The maximum atomic E-state index is 14.5. The van der Waals surface area contributed by atoms with Crippen molar-refractivity contribution in [3.63, 3.8) is 0 Å². The third-order valence-electron chi connectivity index (χ3n) is 9.12. The van der Waals surface area contributed by atoms with Gasteiger partial charge in [-0.15, -0.1) is 0 Å². The van der Waals surface area contributed by atoms with Crippen LogP contribution in [0.4, 0.5) is 4.79 Å². The van der Waals surface area contributed by atoms with Crippen LogP contribution < -0.4 is 5.32 Å². The molecule has 1 unspecified atom stereocenters. The molecule has 0 radical (unpaired) electrons. The Bertz CT molecular complexity index is 1520. The van der Waals surface area contributed by atoms with Gasteiger partial charge in [-0.3, -0.25) is 14.7 Å². The van der Waals surface area contributed by atoms with Crippen LogP contribution in [0.15, 0.2) is 49.1 Å². The Kier molecular flexibility index (Phi) is 8.70. The molecule has 0 saturated carbocycles. The molecule has 3 aromatic rings. The normalized spacial score (nSPS) is 22.6. The molecule has 234 valence electrons. The number of nitrogens with zero attached hydrogens (tertiary/aromatic N) is 6. The fourth-order valence-electron chi connectivity index (χ4n) is 7.13. The Hall–Kier alpha value is -3.43. The number of carbonyl (C=O) groups is 2. The molecule has 1 aromatic carbocycles. The Morgan fingerprint density at radius 3 is 2.64 bits per heavy atom. The van der Waals surface area contributed by atoms with Crippen molar-refractivity contribution in [1.29, 1.82) is 0 Å². The quantitative estimate of drug-likeness (QED) is 0.452. The zero-order valence-electron chi connectivity index (χ0n) is 26.3. The van der Waals surface area contributed by atoms with Gasteiger partial charge < -0.3 is 19.7 Å². The van der Waals surface area contributed by atoms with Crippen molar-refractivity contribution < 1.29 is 9.59 Å². The zero-order chi connectivity index (χ0) is 31.0. The number of amides is 3. The monoisotopic (exact) mass is 617 g/mol. The molecule has 2 saturated heterocycles. The number of halogens is 1. The van der Waals surface area contributed by atoms with E-state index in [4.69, 9.17) is 16.6 Å². The third-order valence-corrected chi connectivity index (χ3v) is 9.35. The van der Waals surface area contributed by atoms with Crippen molar-refractivity contribution in [2.24, 2.45) is 5.92 Å². The average Bonchev–Trinajstić information content (AvgIpc) is 3.32. The van der Waals surface area contributed by atoms with Crippen LogP contribution in [0.2, 0.25) is 5.02 Å². The topological polar surface area (TPSA) is 86.6 Å². The van der Waals surface area contributed by atoms with Crippen molar-refractivity contribution in [3.8, 4) is 0 Å². The van der Waals surface area contributed by atoms with Crippen LogP contribution in [0.3, 0.4) is 0 Å². The first kappa shape index (κ1) is 30.6. The van der Waals surface area contributed by atoms with Gasteiger partial charge in [0.15, 0.2) is 0 Å². The summed E-state index contributed by atoms with van der Waals surface area (Å²) >= 11 is 6.46. The van der Waals surface area contributed by atoms with Gasteiger partial charge in [0.25, 0.3) is 0 Å². The standard InChI is InChI=1S/C34H44ClN7O2/c1-23-18-39(22-37-23)19-24-7-6-14-41(20-24)32(43)29-21-40(15-16-42(29)33(44)38-34(2,3)4)31-28-12-11-27(35)17-26(28)10-9-25-8-5-13-36-30(25)31/h5,8,11-13,17-18,22,24,29,31H,6-7,9-10,14-16,19-21H2,1-4H3,(H,38,44)/t24-,29-,31?/m1/s1. The number of imidazole rings is 1. The minimum absolute atomic E-state index is 0.0245. The Labute approximate surface area is 265 Å². The number of likely N-dealkylation sites (tertiary alicyclic amines) is 1. The molecule has 0 spiro atoms. The van der Waals surface area contributed by atoms with Crippen LogP contribution in [0.1, 0.15) is 67.7 Å². The molecule has 3 atom stereocenters. The highest BCUT2D eigenvalue weighted by molar-refractivity contribution is 6.30. The highest BCUT2D eigenvalue weighted by atomic mass is 35.5. The van der Waals surface area contributed by atoms with E-state index in [0.717, 1.165) is 48.6 Å². The zero-order valence-corrected chi connectivity index (χ0v) is 27.1. The summed E-state index contributed by atoms with van der Waals surface area (Å²) in [5.41, 5.74) is 5.22. The molecule has 2 aliphatic heterocycles. The molecule has 2 fully saturated rings. The molecule has 6 rings (SSSR count). The second kappa shape index (κ2) is 12.5. The Morgan fingerprint density at radius 1 is 1.05 bits per heavy atom. The molecule has 9 nitrogen and oxygen atoms in total. The number of hydrogen-bond donors (Lipinski definition) is 1. The van der Waals surface area contributed by atoms with Crippen molar-refractivity contribution in [3.05, 3.63) is 82.2 Å². The molecule has 4 heterocycles. The fraction of sp³-hybridized carbons (Fsp3) is 0.529. The first-order valence-electron chi connectivity index (χ1n) is 15.9. The van der Waals surface area contributed by atoms with E-state index < -0.39 is 11.6 Å². The molecule has 3 aliphatic rings. The van der Waals surface area contributed by atoms with Crippen LogP contribution in [0.5, 0.6) is 0 Å². The molecule has 1 aliphatic carbocycles. The van der Waals surface area contributed by atoms with Gasteiger partial charge in [-0.2, -0.15) is 0 Å². The van der Waals surface area contributed by atoms with Gasteiger partial charge in [-0.1, -0.05) is 23.7 Å². The summed E-state index contributed by atoms with van der Waals surface area (Å²) in [7, 11) is 0. The number of carbonyl (C=O) groups excluding carboxylic acids is 2. The minimum Gasteiger partial charge on any atom is -0.341 e. The van der Waals surface area contributed by atoms with Crippen molar-refractivity contribution in [1.82, 2.24) is 34.6 Å². The van der Waals surface area contributed by atoms with Crippen molar-refractivity contribution >= 4 is 23.5 Å². The molecule has 10 heteroatoms. The Balaban J connectivity index is 1.30. The molecule has 2 aromatic heterocycles. The van der Waals surface area contributed by atoms with Gasteiger partial charge in [0.05, 0.1) is 23.8 Å². The molecular weight excluding hydrogens is 574 g/mol. The van der Waals surface area contributed by atoms with Crippen LogP contribution in [0.25, 0.3) is 0 Å². The third kappa shape index (κ3) is 6.64. The highest BCUT2D eigenvalue weighted by Gasteiger charge is 2.43. The molecule has 0 bridgehead atoms. The number of benzene rings is 1. The predicted molar refractivity (Wildman–Crippen MR) is 172 cm³/mol. The van der Waals surface area contributed by atoms with Gasteiger partial charge in [0, 0.05) is 62.2 Å². The number of aryl methyl sites for hydroxylation is 3. The lowest BCUT2D eigenvalue weighted by Gasteiger charge is -2.46. The molecule has 3 amide bonds. The van der Waals surface area contributed by atoms with E-state index in [2.05, 4.69) is 44.2 Å². The Morgan fingerprint density at radius 2 is 1.86 bits per heavy atom. The van der Waals surface area contributed by atoms with Gasteiger partial charge in [-0.05, 0) is 94.2 Å². The summed E-state index contributed by atoms with van der Waals surface area (Å²) in [6.07, 6.45) is 9.57. The largest absolute Gasteiger partial charge is 0.341 e. The maximum Gasteiger partial charge on any atom is 0.318 e. The molecule has 44 heavy (non-hydrogen) atoms. The van der Waals surface area contributed by atoms with Crippen LogP contribution in [-0.4, -0.2) is 85.5 Å². The summed E-state index contributed by atoms with van der Waals surface area (Å²) in [4.78, 5) is 43.6. The fourth-order valence-corrected chi connectivity index (χ4v) is 7.33. The van der Waals surface area contributed by atoms with E-state index in [-0.39, 0.29) is 18.0 Å². The van der Waals surface area contributed by atoms with E-state index in [1.807, 2.05) is 57.3 Å². The first-order valence-corrected chi connectivity index (χ1v) is 16.3. The lowest BCUT2D eigenvalue weighted by Crippen LogP contribution is -2.65. The number of pyridine rings is 1. The minimum atomic E-state index is -0.605. The van der Waals surface area contributed by atoms with E-state index >= 15 is 0 Å². The van der Waals surface area contributed by atoms with Gasteiger partial charge in [0.1, 0.15) is 6.04 Å². The summed E-state index contributed by atoms with van der Waals surface area (Å²) in [6, 6.07) is 9.38. The summed E-state index contributed by atoms with van der Waals surface area (Å²) < 4.78 is 2.12. The van der Waals surface area contributed by atoms with Gasteiger partial charge >= 0.3 is 6.03 Å². The number of hydrogen-bond acceptors (Lipinski definition) is 5. The lowest BCUT2D eigenvalue weighted by atomic mass is 9.94. The second-order valence-corrected chi connectivity index (χ2v) is 14.1. The van der Waals surface area contributed by atoms with Gasteiger partial charge in [-0.25, -0.2) is 9.78 Å². The SMILES string of the molecule is Cc1cn(C[C@H]2CCCN(C(=O)[C@H]3CN(C4c5ccc(Cl)cc5CCc5cccnc54)CCN3C(=O)NC(C)(C)C)C2)cn1. The number of fused-ring (bicyclic) bond motifs is 2. The molecular formula is C34H44ClN7O2. The first-order chi connectivity index (χ1) is 21.1. The van der Waals surface area contributed by atoms with Crippen LogP contribution in [0, 0.1) is 12.8 Å². The lowest BCUT2D eigenvalue weighted by molar-refractivity contribution is -0.140. The average molecular weight is 618 g/mol. The van der Waals surface area contributed by atoms with E-state index in [0.29, 0.717) is 38.6 Å². The second-order valence-electron chi connectivity index (χ2n) is 13.7. The summed E-state index contributed by atoms with van der Waals surface area (Å²) in [5, 5.41) is 3.85. The molecule has 1 N–H and O–H groups in total. The number of piperidine rings is 1. The smallest absolute Gasteiger partial charge is 0.318 e. The highest BCUT2D eigenvalue weighted by Crippen LogP contribution is 2.38. The summed E-state index contributed by atoms with van der Waals surface area (Å²) in [6.45, 7) is 11.6. The summed E-state index contributed by atoms with van der Waals surface area (Å²) in [5.74, 6) is 0.365. The van der Waals surface area contributed by atoms with Gasteiger partial charge in [0.2, 0.25) is 5.91 Å². The van der Waals surface area contributed by atoms with Crippen molar-refractivity contribution in [2.75, 3.05) is 32.7 Å². The van der Waals surface area contributed by atoms with E-state index in [1.165, 1.54) is 16.7 Å². The maximum absolute atomic E-state index is 14.5. The number of nitrogens with one attached hydrogen (secondary N) is 1. The number of aromatic nitrogens is 3. The predicted octanol–water partition coefficient (Wildman–Crippen LogP) is 4.86. The van der Waals surface area contributed by atoms with Crippen LogP contribution in [-0.2, 0) is 24.2 Å². The number of rotatable bonds is 4. The van der Waals surface area contributed by atoms with E-state index in [9.17, 15) is 9.59 Å².